The fraction of sp³-hybridized carbons (Fsp3) is 0.625. The number of nitrogens with one attached hydrogen (secondary N) is 1. The maximum atomic E-state index is 10.5. The van der Waals surface area contributed by atoms with E-state index in [0.717, 1.165) is 24.3 Å². The number of ether oxygens (including phenoxy) is 1. The number of hydrogen-bond acceptors (Lipinski definition) is 3. The van der Waals surface area contributed by atoms with E-state index < -0.39 is 6.10 Å². The third-order valence-corrected chi connectivity index (χ3v) is 3.55. The van der Waals surface area contributed by atoms with Gasteiger partial charge in [-0.3, -0.25) is 0 Å². The zero-order valence-corrected chi connectivity index (χ0v) is 11.9. The van der Waals surface area contributed by atoms with E-state index in [0.29, 0.717) is 0 Å². The topological polar surface area (TPSA) is 41.5 Å². The Bertz CT molecular complexity index is 384. The highest BCUT2D eigenvalue weighted by molar-refractivity contribution is 5.30. The molecule has 19 heavy (non-hydrogen) atoms. The van der Waals surface area contributed by atoms with Crippen molar-refractivity contribution in [1.82, 2.24) is 5.32 Å². The van der Waals surface area contributed by atoms with Gasteiger partial charge in [0.2, 0.25) is 0 Å². The Morgan fingerprint density at radius 2 is 2.11 bits per heavy atom. The van der Waals surface area contributed by atoms with Gasteiger partial charge in [0.15, 0.2) is 0 Å². The van der Waals surface area contributed by atoms with E-state index in [-0.39, 0.29) is 12.1 Å². The van der Waals surface area contributed by atoms with Crippen molar-refractivity contribution in [2.45, 2.75) is 57.8 Å². The van der Waals surface area contributed by atoms with Gasteiger partial charge in [0.1, 0.15) is 5.75 Å². The summed E-state index contributed by atoms with van der Waals surface area (Å²) in [5, 5.41) is 14.0. The third kappa shape index (κ3) is 4.22. The van der Waals surface area contributed by atoms with Crippen LogP contribution in [0.5, 0.6) is 5.75 Å². The Hall–Kier alpha value is -1.06. The summed E-state index contributed by atoms with van der Waals surface area (Å²) in [5.74, 6) is 0.833. The molecule has 2 rings (SSSR count). The van der Waals surface area contributed by atoms with Gasteiger partial charge in [0.25, 0.3) is 0 Å². The number of aliphatic hydroxyl groups is 1. The van der Waals surface area contributed by atoms with Crippen LogP contribution >= 0.6 is 0 Å². The predicted molar refractivity (Wildman–Crippen MR) is 77.4 cm³/mol. The molecule has 1 heterocycles. The number of aliphatic hydroxyl groups excluding tert-OH is 1. The molecular weight excluding hydrogens is 238 g/mol. The maximum Gasteiger partial charge on any atom is 0.120 e. The lowest BCUT2D eigenvalue weighted by atomic mass is 9.98. The van der Waals surface area contributed by atoms with Crippen molar-refractivity contribution in [3.8, 4) is 5.75 Å². The van der Waals surface area contributed by atoms with Crippen LogP contribution in [0.25, 0.3) is 0 Å². The van der Waals surface area contributed by atoms with Gasteiger partial charge in [-0.2, -0.15) is 0 Å². The zero-order valence-electron chi connectivity index (χ0n) is 11.9. The van der Waals surface area contributed by atoms with Crippen LogP contribution in [-0.4, -0.2) is 23.8 Å². The molecule has 1 aromatic carbocycles. The summed E-state index contributed by atoms with van der Waals surface area (Å²) in [6, 6.07) is 7.99. The van der Waals surface area contributed by atoms with E-state index >= 15 is 0 Å². The standard InChI is InChI=1S/C16H25NO2/c1-12(2)19-14-8-6-7-13(11-14)16(18)15-9-4-3-5-10-17-15/h6-8,11-12,15-18H,3-5,9-10H2,1-2H3. The van der Waals surface area contributed by atoms with Crippen LogP contribution in [0.1, 0.15) is 51.2 Å². The van der Waals surface area contributed by atoms with Gasteiger partial charge in [0, 0.05) is 6.04 Å². The van der Waals surface area contributed by atoms with Crippen molar-refractivity contribution in [3.63, 3.8) is 0 Å². The molecule has 0 bridgehead atoms. The van der Waals surface area contributed by atoms with Crippen molar-refractivity contribution in [1.29, 1.82) is 0 Å². The van der Waals surface area contributed by atoms with Gasteiger partial charge in [-0.25, -0.2) is 0 Å². The monoisotopic (exact) mass is 263 g/mol. The SMILES string of the molecule is CC(C)Oc1cccc(C(O)C2CCCCCN2)c1. The van der Waals surface area contributed by atoms with E-state index in [4.69, 9.17) is 4.74 Å². The molecular formula is C16H25NO2. The van der Waals surface area contributed by atoms with Gasteiger partial charge < -0.3 is 15.2 Å². The summed E-state index contributed by atoms with van der Waals surface area (Å²) < 4.78 is 5.69. The second-order valence-electron chi connectivity index (χ2n) is 5.59. The molecule has 3 heteroatoms. The summed E-state index contributed by atoms with van der Waals surface area (Å²) in [5.41, 5.74) is 0.942. The summed E-state index contributed by atoms with van der Waals surface area (Å²) in [4.78, 5) is 0. The summed E-state index contributed by atoms with van der Waals surface area (Å²) >= 11 is 0. The van der Waals surface area contributed by atoms with Gasteiger partial charge in [-0.15, -0.1) is 0 Å². The maximum absolute atomic E-state index is 10.5. The van der Waals surface area contributed by atoms with Crippen LogP contribution in [0.4, 0.5) is 0 Å². The predicted octanol–water partition coefficient (Wildman–Crippen LogP) is 3.04. The normalized spacial score (nSPS) is 22.0. The van der Waals surface area contributed by atoms with Crippen molar-refractivity contribution < 1.29 is 9.84 Å². The molecule has 0 amide bonds. The van der Waals surface area contributed by atoms with E-state index in [2.05, 4.69) is 5.32 Å². The van der Waals surface area contributed by atoms with Crippen LogP contribution < -0.4 is 10.1 Å². The lowest BCUT2D eigenvalue weighted by Gasteiger charge is -2.23. The first-order valence-electron chi connectivity index (χ1n) is 7.35. The molecule has 1 fully saturated rings. The Kier molecular flexibility index (Phi) is 5.23. The quantitative estimate of drug-likeness (QED) is 0.877. The van der Waals surface area contributed by atoms with Crippen LogP contribution in [0.15, 0.2) is 24.3 Å². The molecule has 0 aliphatic carbocycles. The molecule has 0 radical (unpaired) electrons. The summed E-state index contributed by atoms with van der Waals surface area (Å²) in [7, 11) is 0. The Balaban J connectivity index is 2.06. The van der Waals surface area contributed by atoms with Gasteiger partial charge >= 0.3 is 0 Å². The van der Waals surface area contributed by atoms with Crippen molar-refractivity contribution in [2.24, 2.45) is 0 Å². The Morgan fingerprint density at radius 3 is 2.89 bits per heavy atom. The number of benzene rings is 1. The molecule has 1 aromatic rings. The Labute approximate surface area is 116 Å². The lowest BCUT2D eigenvalue weighted by molar-refractivity contribution is 0.125. The van der Waals surface area contributed by atoms with E-state index in [1.165, 1.54) is 19.3 Å². The molecule has 1 aliphatic rings. The third-order valence-electron chi connectivity index (χ3n) is 3.55. The fourth-order valence-electron chi connectivity index (χ4n) is 2.60. The first-order valence-corrected chi connectivity index (χ1v) is 7.35. The molecule has 106 valence electrons. The highest BCUT2D eigenvalue weighted by Gasteiger charge is 2.22. The van der Waals surface area contributed by atoms with Gasteiger partial charge in [0.05, 0.1) is 12.2 Å². The number of rotatable bonds is 4. The molecule has 2 N–H and O–H groups in total. The molecule has 1 saturated heterocycles. The minimum absolute atomic E-state index is 0.156. The average molecular weight is 263 g/mol. The summed E-state index contributed by atoms with van der Waals surface area (Å²) in [6.07, 6.45) is 4.40. The van der Waals surface area contributed by atoms with E-state index in [1.54, 1.807) is 0 Å². The molecule has 2 unspecified atom stereocenters. The molecule has 0 spiro atoms. The molecule has 2 atom stereocenters. The molecule has 0 saturated carbocycles. The van der Waals surface area contributed by atoms with Gasteiger partial charge in [-0.05, 0) is 50.9 Å². The van der Waals surface area contributed by atoms with Crippen molar-refractivity contribution in [3.05, 3.63) is 29.8 Å². The largest absolute Gasteiger partial charge is 0.491 e. The smallest absolute Gasteiger partial charge is 0.120 e. The minimum Gasteiger partial charge on any atom is -0.491 e. The number of hydrogen-bond donors (Lipinski definition) is 2. The molecule has 1 aliphatic heterocycles. The Morgan fingerprint density at radius 1 is 1.26 bits per heavy atom. The minimum atomic E-state index is -0.450. The molecule has 3 nitrogen and oxygen atoms in total. The fourth-order valence-corrected chi connectivity index (χ4v) is 2.60. The second kappa shape index (κ2) is 6.92. The first kappa shape index (κ1) is 14.4. The van der Waals surface area contributed by atoms with Crippen LogP contribution in [0, 0.1) is 0 Å². The molecule has 0 aromatic heterocycles. The zero-order chi connectivity index (χ0) is 13.7. The van der Waals surface area contributed by atoms with Crippen LogP contribution in [-0.2, 0) is 0 Å². The van der Waals surface area contributed by atoms with Crippen molar-refractivity contribution in [2.75, 3.05) is 6.54 Å². The highest BCUT2D eigenvalue weighted by atomic mass is 16.5. The van der Waals surface area contributed by atoms with E-state index in [9.17, 15) is 5.11 Å². The summed E-state index contributed by atoms with van der Waals surface area (Å²) in [6.45, 7) is 5.02. The van der Waals surface area contributed by atoms with Crippen LogP contribution in [0.2, 0.25) is 0 Å². The second-order valence-corrected chi connectivity index (χ2v) is 5.59. The highest BCUT2D eigenvalue weighted by Crippen LogP contribution is 2.25. The van der Waals surface area contributed by atoms with Crippen LogP contribution in [0.3, 0.4) is 0 Å². The van der Waals surface area contributed by atoms with Gasteiger partial charge in [-0.1, -0.05) is 25.0 Å². The average Bonchev–Trinajstić information content (AvgIpc) is 2.66. The lowest BCUT2D eigenvalue weighted by Crippen LogP contribution is -2.34. The van der Waals surface area contributed by atoms with Crippen molar-refractivity contribution >= 4 is 0 Å². The van der Waals surface area contributed by atoms with E-state index in [1.807, 2.05) is 38.1 Å². The first-order chi connectivity index (χ1) is 9.16.